The number of halogens is 1. The minimum absolute atomic E-state index is 0.0279. The van der Waals surface area contributed by atoms with E-state index in [1.54, 1.807) is 18.2 Å². The van der Waals surface area contributed by atoms with Crippen molar-refractivity contribution in [2.45, 2.75) is 45.1 Å². The fourth-order valence-corrected chi connectivity index (χ4v) is 3.10. The highest BCUT2D eigenvalue weighted by molar-refractivity contribution is 5.78. The van der Waals surface area contributed by atoms with Gasteiger partial charge < -0.3 is 10.4 Å². The average molecular weight is 293 g/mol. The Labute approximate surface area is 123 Å². The number of aliphatic carboxylic acids is 1. The third kappa shape index (κ3) is 4.28. The predicted molar refractivity (Wildman–Crippen MR) is 76.0 cm³/mol. The Kier molecular flexibility index (Phi) is 4.94. The van der Waals surface area contributed by atoms with E-state index in [4.69, 9.17) is 5.11 Å². The Bertz CT molecular complexity index is 524. The molecule has 0 bridgehead atoms. The smallest absolute Gasteiger partial charge is 0.303 e. The number of benzene rings is 1. The maximum absolute atomic E-state index is 13.5. The van der Waals surface area contributed by atoms with Gasteiger partial charge in [0.1, 0.15) is 5.82 Å². The summed E-state index contributed by atoms with van der Waals surface area (Å²) in [6.07, 6.45) is 3.70. The van der Waals surface area contributed by atoms with E-state index in [0.29, 0.717) is 5.56 Å². The van der Waals surface area contributed by atoms with E-state index < -0.39 is 11.4 Å². The standard InChI is InChI=1S/C16H20FNO3/c17-13-6-2-1-5-12(13)11-18-14(19)9-16(10-15(20)21)7-3-4-8-16/h1-2,5-6H,3-4,7-11H2,(H,18,19)(H,20,21). The maximum atomic E-state index is 13.5. The van der Waals surface area contributed by atoms with Crippen LogP contribution in [0.25, 0.3) is 0 Å². The van der Waals surface area contributed by atoms with Gasteiger partial charge in [0.05, 0.1) is 6.42 Å². The molecule has 0 aliphatic heterocycles. The number of amides is 1. The average Bonchev–Trinajstić information content (AvgIpc) is 2.85. The highest BCUT2D eigenvalue weighted by atomic mass is 19.1. The summed E-state index contributed by atoms with van der Waals surface area (Å²) < 4.78 is 13.5. The molecule has 0 heterocycles. The minimum atomic E-state index is -0.862. The molecule has 1 aromatic rings. The van der Waals surface area contributed by atoms with Gasteiger partial charge in [0.25, 0.3) is 0 Å². The molecule has 0 aromatic heterocycles. The predicted octanol–water partition coefficient (Wildman–Crippen LogP) is 2.87. The Hall–Kier alpha value is -1.91. The molecule has 0 spiro atoms. The van der Waals surface area contributed by atoms with Crippen molar-refractivity contribution in [2.75, 3.05) is 0 Å². The van der Waals surface area contributed by atoms with Gasteiger partial charge in [-0.1, -0.05) is 31.0 Å². The van der Waals surface area contributed by atoms with E-state index in [9.17, 15) is 14.0 Å². The quantitative estimate of drug-likeness (QED) is 0.847. The molecule has 5 heteroatoms. The zero-order chi connectivity index (χ0) is 15.3. The van der Waals surface area contributed by atoms with E-state index in [1.165, 1.54) is 6.07 Å². The van der Waals surface area contributed by atoms with Crippen LogP contribution in [0.15, 0.2) is 24.3 Å². The van der Waals surface area contributed by atoms with Crippen LogP contribution in [0, 0.1) is 11.2 Å². The van der Waals surface area contributed by atoms with Crippen molar-refractivity contribution in [3.8, 4) is 0 Å². The van der Waals surface area contributed by atoms with Crippen LogP contribution in [0.2, 0.25) is 0 Å². The Morgan fingerprint density at radius 2 is 1.86 bits per heavy atom. The van der Waals surface area contributed by atoms with Crippen molar-refractivity contribution < 1.29 is 19.1 Å². The van der Waals surface area contributed by atoms with Crippen LogP contribution in [0.3, 0.4) is 0 Å². The Morgan fingerprint density at radius 3 is 2.48 bits per heavy atom. The molecule has 1 saturated carbocycles. The van der Waals surface area contributed by atoms with Gasteiger partial charge in [-0.2, -0.15) is 0 Å². The molecule has 114 valence electrons. The molecule has 21 heavy (non-hydrogen) atoms. The lowest BCUT2D eigenvalue weighted by molar-refractivity contribution is -0.140. The molecule has 4 nitrogen and oxygen atoms in total. The van der Waals surface area contributed by atoms with E-state index in [0.717, 1.165) is 25.7 Å². The van der Waals surface area contributed by atoms with Gasteiger partial charge in [0.2, 0.25) is 5.91 Å². The van der Waals surface area contributed by atoms with Crippen LogP contribution >= 0.6 is 0 Å². The second-order valence-corrected chi connectivity index (χ2v) is 5.82. The molecule has 1 aromatic carbocycles. The van der Waals surface area contributed by atoms with Crippen molar-refractivity contribution in [3.63, 3.8) is 0 Å². The molecule has 2 N–H and O–H groups in total. The topological polar surface area (TPSA) is 66.4 Å². The SMILES string of the molecule is O=C(O)CC1(CC(=O)NCc2ccccc2F)CCCC1. The third-order valence-corrected chi connectivity index (χ3v) is 4.16. The van der Waals surface area contributed by atoms with E-state index in [-0.39, 0.29) is 31.1 Å². The van der Waals surface area contributed by atoms with Crippen molar-refractivity contribution in [2.24, 2.45) is 5.41 Å². The Balaban J connectivity index is 1.91. The summed E-state index contributed by atoms with van der Waals surface area (Å²) >= 11 is 0. The third-order valence-electron chi connectivity index (χ3n) is 4.16. The number of hydrogen-bond donors (Lipinski definition) is 2. The number of carboxylic acid groups (broad SMARTS) is 1. The summed E-state index contributed by atoms with van der Waals surface area (Å²) in [5, 5.41) is 11.7. The van der Waals surface area contributed by atoms with Crippen LogP contribution in [0.5, 0.6) is 0 Å². The van der Waals surface area contributed by atoms with Crippen LogP contribution < -0.4 is 5.32 Å². The van der Waals surface area contributed by atoms with Crippen LogP contribution in [0.4, 0.5) is 4.39 Å². The minimum Gasteiger partial charge on any atom is -0.481 e. The van der Waals surface area contributed by atoms with Gasteiger partial charge in [-0.15, -0.1) is 0 Å². The molecule has 0 saturated heterocycles. The molecule has 0 radical (unpaired) electrons. The number of carbonyl (C=O) groups is 2. The molecule has 0 atom stereocenters. The first kappa shape index (κ1) is 15.5. The normalized spacial score (nSPS) is 16.6. The largest absolute Gasteiger partial charge is 0.481 e. The number of carbonyl (C=O) groups excluding carboxylic acids is 1. The fraction of sp³-hybridized carbons (Fsp3) is 0.500. The zero-order valence-corrected chi connectivity index (χ0v) is 11.9. The number of rotatable bonds is 6. The number of hydrogen-bond acceptors (Lipinski definition) is 2. The van der Waals surface area contributed by atoms with Crippen LogP contribution in [0.1, 0.15) is 44.1 Å². The summed E-state index contributed by atoms with van der Waals surface area (Å²) in [7, 11) is 0. The van der Waals surface area contributed by atoms with Gasteiger partial charge in [-0.3, -0.25) is 9.59 Å². The second kappa shape index (κ2) is 6.70. The lowest BCUT2D eigenvalue weighted by atomic mass is 9.79. The zero-order valence-electron chi connectivity index (χ0n) is 11.9. The van der Waals surface area contributed by atoms with E-state index in [2.05, 4.69) is 5.32 Å². The van der Waals surface area contributed by atoms with E-state index >= 15 is 0 Å². The molecule has 1 aliphatic rings. The molecule has 0 unspecified atom stereocenters. The molecule has 1 amide bonds. The molecular weight excluding hydrogens is 273 g/mol. The van der Waals surface area contributed by atoms with Gasteiger partial charge in [0, 0.05) is 18.5 Å². The molecule has 1 fully saturated rings. The van der Waals surface area contributed by atoms with Gasteiger partial charge in [-0.05, 0) is 24.3 Å². The summed E-state index contributed by atoms with van der Waals surface area (Å²) in [6, 6.07) is 6.29. The van der Waals surface area contributed by atoms with Crippen molar-refractivity contribution in [3.05, 3.63) is 35.6 Å². The van der Waals surface area contributed by atoms with Crippen molar-refractivity contribution in [1.82, 2.24) is 5.32 Å². The number of nitrogens with one attached hydrogen (secondary N) is 1. The number of carboxylic acids is 1. The second-order valence-electron chi connectivity index (χ2n) is 5.82. The first-order valence-corrected chi connectivity index (χ1v) is 7.23. The lowest BCUT2D eigenvalue weighted by Crippen LogP contribution is -2.31. The lowest BCUT2D eigenvalue weighted by Gasteiger charge is -2.26. The van der Waals surface area contributed by atoms with Crippen molar-refractivity contribution >= 4 is 11.9 Å². The monoisotopic (exact) mass is 293 g/mol. The Morgan fingerprint density at radius 1 is 1.19 bits per heavy atom. The maximum Gasteiger partial charge on any atom is 0.303 e. The summed E-state index contributed by atoms with van der Waals surface area (Å²) in [5.41, 5.74) is 0.00933. The fourth-order valence-electron chi connectivity index (χ4n) is 3.10. The van der Waals surface area contributed by atoms with Crippen LogP contribution in [-0.2, 0) is 16.1 Å². The summed E-state index contributed by atoms with van der Waals surface area (Å²) in [5.74, 6) is -1.42. The molecule has 1 aliphatic carbocycles. The summed E-state index contributed by atoms with van der Waals surface area (Å²) in [4.78, 5) is 23.0. The molecule has 2 rings (SSSR count). The van der Waals surface area contributed by atoms with Gasteiger partial charge in [-0.25, -0.2) is 4.39 Å². The summed E-state index contributed by atoms with van der Waals surface area (Å²) in [6.45, 7) is 0.134. The molecular formula is C16H20FNO3. The first-order chi connectivity index (χ1) is 10.0. The van der Waals surface area contributed by atoms with Gasteiger partial charge >= 0.3 is 5.97 Å². The highest BCUT2D eigenvalue weighted by Gasteiger charge is 2.37. The highest BCUT2D eigenvalue weighted by Crippen LogP contribution is 2.44. The van der Waals surface area contributed by atoms with Gasteiger partial charge in [0.15, 0.2) is 0 Å². The van der Waals surface area contributed by atoms with Crippen molar-refractivity contribution in [1.29, 1.82) is 0 Å². The first-order valence-electron chi connectivity index (χ1n) is 7.23. The van der Waals surface area contributed by atoms with Crippen LogP contribution in [-0.4, -0.2) is 17.0 Å². The van der Waals surface area contributed by atoms with E-state index in [1.807, 2.05) is 0 Å².